The van der Waals surface area contributed by atoms with Crippen molar-refractivity contribution >= 4 is 22.7 Å². The number of nitrogens with one attached hydrogen (secondary N) is 2. The summed E-state index contributed by atoms with van der Waals surface area (Å²) in [6.45, 7) is 0.644. The molecular formula is C19H21N5. The summed E-state index contributed by atoms with van der Waals surface area (Å²) in [6, 6.07) is 10.5. The number of H-pyrrole nitrogens is 1. The van der Waals surface area contributed by atoms with E-state index in [1.165, 1.54) is 29.5 Å². The highest BCUT2D eigenvalue weighted by molar-refractivity contribution is 5.92. The molecule has 5 nitrogen and oxygen atoms in total. The van der Waals surface area contributed by atoms with Gasteiger partial charge in [-0.25, -0.2) is 4.98 Å². The molecule has 0 aliphatic heterocycles. The van der Waals surface area contributed by atoms with E-state index >= 15 is 0 Å². The maximum atomic E-state index is 6.02. The Morgan fingerprint density at radius 1 is 1.25 bits per heavy atom. The van der Waals surface area contributed by atoms with Crippen molar-refractivity contribution in [1.82, 2.24) is 9.97 Å². The Kier molecular flexibility index (Phi) is 3.91. The number of anilines is 1. The third-order valence-electron chi connectivity index (χ3n) is 4.57. The van der Waals surface area contributed by atoms with Gasteiger partial charge in [-0.15, -0.1) is 0 Å². The van der Waals surface area contributed by atoms with E-state index in [4.69, 9.17) is 5.73 Å². The Morgan fingerprint density at radius 2 is 2.17 bits per heavy atom. The van der Waals surface area contributed by atoms with Gasteiger partial charge in [-0.3, -0.25) is 4.99 Å². The van der Waals surface area contributed by atoms with Gasteiger partial charge in [0.25, 0.3) is 0 Å². The number of nitrogens with zero attached hydrogens (tertiary/aromatic N) is 2. The molecule has 0 saturated carbocycles. The molecule has 0 spiro atoms. The van der Waals surface area contributed by atoms with E-state index in [1.807, 2.05) is 12.3 Å². The summed E-state index contributed by atoms with van der Waals surface area (Å²) in [5, 5.41) is 4.35. The molecule has 2 heterocycles. The first kappa shape index (κ1) is 14.8. The largest absolute Gasteiger partial charge is 0.370 e. The molecule has 0 radical (unpaired) electrons. The summed E-state index contributed by atoms with van der Waals surface area (Å²) >= 11 is 0. The maximum absolute atomic E-state index is 6.02. The van der Waals surface area contributed by atoms with E-state index in [9.17, 15) is 0 Å². The van der Waals surface area contributed by atoms with Crippen LogP contribution >= 0.6 is 0 Å². The van der Waals surface area contributed by atoms with Gasteiger partial charge < -0.3 is 16.0 Å². The zero-order valence-electron chi connectivity index (χ0n) is 13.5. The van der Waals surface area contributed by atoms with Gasteiger partial charge in [-0.1, -0.05) is 6.07 Å². The summed E-state index contributed by atoms with van der Waals surface area (Å²) in [5.41, 5.74) is 12.1. The van der Waals surface area contributed by atoms with Gasteiger partial charge in [-0.05, 0) is 66.6 Å². The van der Waals surface area contributed by atoms with Gasteiger partial charge in [0.2, 0.25) is 0 Å². The number of aromatic amines is 1. The van der Waals surface area contributed by atoms with Gasteiger partial charge in [0.15, 0.2) is 5.96 Å². The number of fused-ring (bicyclic) bond motifs is 2. The number of benzene rings is 1. The number of aromatic nitrogens is 2. The monoisotopic (exact) mass is 319 g/mol. The van der Waals surface area contributed by atoms with Crippen LogP contribution in [0.5, 0.6) is 0 Å². The topological polar surface area (TPSA) is 79.1 Å². The van der Waals surface area contributed by atoms with Crippen molar-refractivity contribution in [1.29, 1.82) is 0 Å². The van der Waals surface area contributed by atoms with E-state index in [2.05, 4.69) is 44.5 Å². The third kappa shape index (κ3) is 2.97. The van der Waals surface area contributed by atoms with Crippen LogP contribution < -0.4 is 11.1 Å². The molecule has 0 saturated heterocycles. The van der Waals surface area contributed by atoms with Gasteiger partial charge in [0.05, 0.1) is 0 Å². The first-order valence-electron chi connectivity index (χ1n) is 8.39. The van der Waals surface area contributed by atoms with Gasteiger partial charge in [-0.2, -0.15) is 0 Å². The zero-order valence-corrected chi connectivity index (χ0v) is 13.5. The van der Waals surface area contributed by atoms with Crippen LogP contribution in [0.25, 0.3) is 11.0 Å². The lowest BCUT2D eigenvalue weighted by Gasteiger charge is -2.08. The maximum Gasteiger partial charge on any atom is 0.193 e. The lowest BCUT2D eigenvalue weighted by molar-refractivity contribution is 0.912. The van der Waals surface area contributed by atoms with E-state index in [-0.39, 0.29) is 0 Å². The number of guanidine groups is 1. The predicted molar refractivity (Wildman–Crippen MR) is 98.4 cm³/mol. The van der Waals surface area contributed by atoms with Crippen molar-refractivity contribution in [2.45, 2.75) is 25.7 Å². The van der Waals surface area contributed by atoms with Crippen molar-refractivity contribution in [3.05, 3.63) is 59.4 Å². The smallest absolute Gasteiger partial charge is 0.193 e. The average Bonchev–Trinajstić information content (AvgIpc) is 3.21. The number of hydrogen-bond acceptors (Lipinski definition) is 2. The molecule has 1 aliphatic rings. The van der Waals surface area contributed by atoms with Crippen LogP contribution in [-0.2, 0) is 19.3 Å². The lowest BCUT2D eigenvalue weighted by Crippen LogP contribution is -2.23. The van der Waals surface area contributed by atoms with Crippen LogP contribution in [0.15, 0.2) is 47.7 Å². The van der Waals surface area contributed by atoms with E-state index in [0.29, 0.717) is 12.5 Å². The minimum Gasteiger partial charge on any atom is -0.370 e. The molecular weight excluding hydrogens is 298 g/mol. The molecule has 2 aromatic heterocycles. The Labute approximate surface area is 141 Å². The van der Waals surface area contributed by atoms with Gasteiger partial charge in [0, 0.05) is 30.0 Å². The van der Waals surface area contributed by atoms with Crippen LogP contribution in [0.4, 0.5) is 5.69 Å². The molecule has 0 unspecified atom stereocenters. The number of pyridine rings is 1. The first-order valence-corrected chi connectivity index (χ1v) is 8.39. The quantitative estimate of drug-likeness (QED) is 0.511. The highest BCUT2D eigenvalue weighted by Crippen LogP contribution is 2.24. The molecule has 1 aliphatic carbocycles. The molecule has 0 amide bonds. The highest BCUT2D eigenvalue weighted by atomic mass is 15.1. The van der Waals surface area contributed by atoms with E-state index in [1.54, 1.807) is 6.20 Å². The summed E-state index contributed by atoms with van der Waals surface area (Å²) in [5.74, 6) is 0.464. The summed E-state index contributed by atoms with van der Waals surface area (Å²) in [6.07, 6.45) is 8.23. The molecule has 1 aromatic carbocycles. The standard InChI is InChI=1S/C19H21N5/c20-19(24-16-7-6-13-3-1-4-14(13)11-16)22-10-8-15-12-23-18-17(15)5-2-9-21-18/h2,5-7,9,11-12H,1,3-4,8,10H2,(H,21,23)(H3,20,22,24). The van der Waals surface area contributed by atoms with Gasteiger partial charge in [0.1, 0.15) is 5.65 Å². The molecule has 0 bridgehead atoms. The van der Waals surface area contributed by atoms with Crippen molar-refractivity contribution < 1.29 is 0 Å². The Bertz CT molecular complexity index is 894. The molecule has 0 atom stereocenters. The summed E-state index contributed by atoms with van der Waals surface area (Å²) in [7, 11) is 0. The van der Waals surface area contributed by atoms with Crippen LogP contribution in [0.1, 0.15) is 23.1 Å². The predicted octanol–water partition coefficient (Wildman–Crippen LogP) is 3.02. The number of rotatable bonds is 4. The van der Waals surface area contributed by atoms with E-state index < -0.39 is 0 Å². The van der Waals surface area contributed by atoms with Crippen molar-refractivity contribution in [2.75, 3.05) is 11.9 Å². The molecule has 5 heteroatoms. The Balaban J connectivity index is 1.39. The van der Waals surface area contributed by atoms with Crippen molar-refractivity contribution in [3.8, 4) is 0 Å². The number of nitrogens with two attached hydrogens (primary N) is 1. The Hall–Kier alpha value is -2.82. The molecule has 24 heavy (non-hydrogen) atoms. The minimum absolute atomic E-state index is 0.464. The normalized spacial score (nSPS) is 14.1. The van der Waals surface area contributed by atoms with Crippen molar-refractivity contribution in [2.24, 2.45) is 10.7 Å². The molecule has 3 aromatic rings. The van der Waals surface area contributed by atoms with Crippen LogP contribution in [0, 0.1) is 0 Å². The molecule has 122 valence electrons. The second-order valence-corrected chi connectivity index (χ2v) is 6.19. The third-order valence-corrected chi connectivity index (χ3v) is 4.57. The SMILES string of the molecule is NC(=NCCc1c[nH]c2ncccc12)Nc1ccc2c(c1)CCC2. The number of aryl methyl sites for hydroxylation is 2. The fraction of sp³-hybridized carbons (Fsp3) is 0.263. The van der Waals surface area contributed by atoms with Gasteiger partial charge >= 0.3 is 0 Å². The average molecular weight is 319 g/mol. The molecule has 4 rings (SSSR count). The fourth-order valence-corrected chi connectivity index (χ4v) is 3.35. The first-order chi connectivity index (χ1) is 11.8. The molecule has 4 N–H and O–H groups in total. The second kappa shape index (κ2) is 6.35. The summed E-state index contributed by atoms with van der Waals surface area (Å²) in [4.78, 5) is 11.9. The fourth-order valence-electron chi connectivity index (χ4n) is 3.35. The van der Waals surface area contributed by atoms with Crippen LogP contribution in [-0.4, -0.2) is 22.5 Å². The molecule has 0 fully saturated rings. The van der Waals surface area contributed by atoms with E-state index in [0.717, 1.165) is 29.6 Å². The lowest BCUT2D eigenvalue weighted by atomic mass is 10.1. The zero-order chi connectivity index (χ0) is 16.4. The number of hydrogen-bond donors (Lipinski definition) is 3. The minimum atomic E-state index is 0.464. The second-order valence-electron chi connectivity index (χ2n) is 6.19. The van der Waals surface area contributed by atoms with Crippen LogP contribution in [0.2, 0.25) is 0 Å². The number of aliphatic imine (C=N–C) groups is 1. The summed E-state index contributed by atoms with van der Waals surface area (Å²) < 4.78 is 0. The van der Waals surface area contributed by atoms with Crippen LogP contribution in [0.3, 0.4) is 0 Å². The highest BCUT2D eigenvalue weighted by Gasteiger charge is 2.10. The Morgan fingerprint density at radius 3 is 3.12 bits per heavy atom. The van der Waals surface area contributed by atoms with Crippen molar-refractivity contribution in [3.63, 3.8) is 0 Å².